The molecule has 3 aromatic carbocycles. The molecule has 2 amide bonds. The molecular weight excluding hydrogens is 602 g/mol. The van der Waals surface area contributed by atoms with Gasteiger partial charge in [-0.25, -0.2) is 8.42 Å². The molecule has 4 rings (SSSR count). The Bertz CT molecular complexity index is 1510. The van der Waals surface area contributed by atoms with Crippen LogP contribution >= 0.6 is 11.6 Å². The third kappa shape index (κ3) is 8.04. The Morgan fingerprint density at radius 3 is 2.20 bits per heavy atom. The van der Waals surface area contributed by atoms with E-state index in [0.717, 1.165) is 42.0 Å². The Balaban J connectivity index is 1.71. The highest BCUT2D eigenvalue weighted by Crippen LogP contribution is 2.32. The van der Waals surface area contributed by atoms with E-state index in [1.807, 2.05) is 6.92 Å². The minimum Gasteiger partial charge on any atom is -0.493 e. The maximum Gasteiger partial charge on any atom is 0.264 e. The summed E-state index contributed by atoms with van der Waals surface area (Å²) in [4.78, 5) is 29.3. The number of ether oxygens (including phenoxy) is 2. The molecule has 236 valence electrons. The molecule has 0 heterocycles. The molecule has 0 bridgehead atoms. The van der Waals surface area contributed by atoms with Gasteiger partial charge in [0.25, 0.3) is 10.0 Å². The number of benzene rings is 3. The number of amides is 2. The van der Waals surface area contributed by atoms with Gasteiger partial charge in [0.2, 0.25) is 11.8 Å². The fourth-order valence-corrected chi connectivity index (χ4v) is 7.03. The Kier molecular flexibility index (Phi) is 11.5. The average Bonchev–Trinajstić information content (AvgIpc) is 3.04. The lowest BCUT2D eigenvalue weighted by Crippen LogP contribution is -2.54. The summed E-state index contributed by atoms with van der Waals surface area (Å²) < 4.78 is 40.0. The van der Waals surface area contributed by atoms with Crippen LogP contribution in [0.15, 0.2) is 77.7 Å². The Hall–Kier alpha value is -3.76. The number of carbonyl (C=O) groups excluding carboxylic acids is 2. The molecule has 1 aliphatic carbocycles. The van der Waals surface area contributed by atoms with Crippen molar-refractivity contribution in [1.82, 2.24) is 10.2 Å². The standard InChI is InChI=1S/C33H40ClN3O6S/c1-4-29(33(39)35-26-11-7-5-8-12-26)36(22-24-15-17-25(34)18-16-24)32(38)23-37(27-13-9-6-10-14-27)44(40,41)28-19-20-30(42-2)31(21-28)43-3/h6,9-10,13-21,26,29H,4-5,7-8,11-12,22-23H2,1-3H3,(H,35,39). The minimum absolute atomic E-state index is 0.0593. The number of anilines is 1. The highest BCUT2D eigenvalue weighted by Gasteiger charge is 2.34. The van der Waals surface area contributed by atoms with E-state index in [4.69, 9.17) is 21.1 Å². The van der Waals surface area contributed by atoms with Crippen molar-refractivity contribution in [3.8, 4) is 11.5 Å². The highest BCUT2D eigenvalue weighted by molar-refractivity contribution is 7.92. The normalized spacial score (nSPS) is 14.4. The second-order valence-corrected chi connectivity index (χ2v) is 13.1. The van der Waals surface area contributed by atoms with E-state index in [0.29, 0.717) is 22.9 Å². The van der Waals surface area contributed by atoms with Crippen LogP contribution in [0.3, 0.4) is 0 Å². The number of sulfonamides is 1. The van der Waals surface area contributed by atoms with E-state index in [9.17, 15) is 18.0 Å². The summed E-state index contributed by atoms with van der Waals surface area (Å²) in [5, 5.41) is 3.70. The van der Waals surface area contributed by atoms with Gasteiger partial charge in [-0.3, -0.25) is 13.9 Å². The molecule has 11 heteroatoms. The first-order valence-corrected chi connectivity index (χ1v) is 16.6. The van der Waals surface area contributed by atoms with E-state index in [1.54, 1.807) is 54.6 Å². The number of carbonyl (C=O) groups is 2. The summed E-state index contributed by atoms with van der Waals surface area (Å²) in [6.07, 6.45) is 5.40. The number of para-hydroxylation sites is 1. The average molecular weight is 642 g/mol. The second kappa shape index (κ2) is 15.3. The van der Waals surface area contributed by atoms with E-state index in [2.05, 4.69) is 5.32 Å². The van der Waals surface area contributed by atoms with Crippen LogP contribution in [0.2, 0.25) is 5.02 Å². The van der Waals surface area contributed by atoms with Crippen LogP contribution in [0.1, 0.15) is 51.0 Å². The van der Waals surface area contributed by atoms with Gasteiger partial charge in [-0.1, -0.05) is 68.1 Å². The molecule has 0 aliphatic heterocycles. The Morgan fingerprint density at radius 2 is 1.59 bits per heavy atom. The third-order valence-corrected chi connectivity index (χ3v) is 9.89. The van der Waals surface area contributed by atoms with Crippen LogP contribution in [0.4, 0.5) is 5.69 Å². The Labute approximate surface area is 265 Å². The van der Waals surface area contributed by atoms with E-state index in [-0.39, 0.29) is 29.1 Å². The molecule has 0 radical (unpaired) electrons. The van der Waals surface area contributed by atoms with Gasteiger partial charge in [0.15, 0.2) is 11.5 Å². The molecule has 1 fully saturated rings. The molecule has 3 aromatic rings. The molecule has 0 saturated heterocycles. The van der Waals surface area contributed by atoms with Gasteiger partial charge in [-0.2, -0.15) is 0 Å². The van der Waals surface area contributed by atoms with E-state index in [1.165, 1.54) is 37.3 Å². The number of rotatable bonds is 13. The maximum absolute atomic E-state index is 14.3. The molecule has 9 nitrogen and oxygen atoms in total. The number of nitrogens with zero attached hydrogens (tertiary/aromatic N) is 2. The SMILES string of the molecule is CCC(C(=O)NC1CCCCC1)N(Cc1ccc(Cl)cc1)C(=O)CN(c1ccccc1)S(=O)(=O)c1ccc(OC)c(OC)c1. The van der Waals surface area contributed by atoms with Gasteiger partial charge < -0.3 is 19.7 Å². The molecule has 1 N–H and O–H groups in total. The molecule has 1 atom stereocenters. The van der Waals surface area contributed by atoms with Crippen LogP contribution in [0.25, 0.3) is 0 Å². The number of hydrogen-bond acceptors (Lipinski definition) is 6. The van der Waals surface area contributed by atoms with Crippen LogP contribution in [-0.4, -0.2) is 58.0 Å². The first-order chi connectivity index (χ1) is 21.2. The summed E-state index contributed by atoms with van der Waals surface area (Å²) in [7, 11) is -1.38. The van der Waals surface area contributed by atoms with Crippen molar-refractivity contribution in [1.29, 1.82) is 0 Å². The summed E-state index contributed by atoms with van der Waals surface area (Å²) in [6, 6.07) is 19.0. The second-order valence-electron chi connectivity index (χ2n) is 10.8. The number of nitrogens with one attached hydrogen (secondary N) is 1. The monoisotopic (exact) mass is 641 g/mol. The fourth-order valence-electron chi connectivity index (χ4n) is 5.48. The zero-order valence-electron chi connectivity index (χ0n) is 25.4. The van der Waals surface area contributed by atoms with Gasteiger partial charge in [0, 0.05) is 23.7 Å². The van der Waals surface area contributed by atoms with Crippen LogP contribution in [0.5, 0.6) is 11.5 Å². The summed E-state index contributed by atoms with van der Waals surface area (Å²) >= 11 is 6.11. The highest BCUT2D eigenvalue weighted by atomic mass is 35.5. The van der Waals surface area contributed by atoms with Gasteiger partial charge >= 0.3 is 0 Å². The van der Waals surface area contributed by atoms with Crippen LogP contribution in [0, 0.1) is 0 Å². The summed E-state index contributed by atoms with van der Waals surface area (Å²) in [5.74, 6) is -0.144. The molecule has 1 aliphatic rings. The van der Waals surface area contributed by atoms with Crippen molar-refractivity contribution in [2.45, 2.75) is 69.0 Å². The lowest BCUT2D eigenvalue weighted by Gasteiger charge is -2.34. The minimum atomic E-state index is -4.26. The molecule has 44 heavy (non-hydrogen) atoms. The fraction of sp³-hybridized carbons (Fsp3) is 0.394. The number of halogens is 1. The van der Waals surface area contributed by atoms with Gasteiger partial charge in [0.05, 0.1) is 24.8 Å². The largest absolute Gasteiger partial charge is 0.493 e. The van der Waals surface area contributed by atoms with Crippen molar-refractivity contribution in [3.63, 3.8) is 0 Å². The Morgan fingerprint density at radius 1 is 0.932 bits per heavy atom. The van der Waals surface area contributed by atoms with Crippen LogP contribution in [-0.2, 0) is 26.2 Å². The van der Waals surface area contributed by atoms with Crippen molar-refractivity contribution < 1.29 is 27.5 Å². The molecule has 1 unspecified atom stereocenters. The van der Waals surface area contributed by atoms with Gasteiger partial charge in [-0.05, 0) is 61.2 Å². The molecule has 0 spiro atoms. The first kappa shape index (κ1) is 33.1. The molecule has 0 aromatic heterocycles. The quantitative estimate of drug-likeness (QED) is 0.253. The summed E-state index contributed by atoms with van der Waals surface area (Å²) in [5.41, 5.74) is 1.07. The van der Waals surface area contributed by atoms with E-state index < -0.39 is 28.5 Å². The topological polar surface area (TPSA) is 105 Å². The maximum atomic E-state index is 14.3. The number of hydrogen-bond donors (Lipinski definition) is 1. The zero-order valence-corrected chi connectivity index (χ0v) is 26.9. The van der Waals surface area contributed by atoms with Crippen molar-refractivity contribution in [2.24, 2.45) is 0 Å². The predicted octanol–water partition coefficient (Wildman–Crippen LogP) is 5.81. The van der Waals surface area contributed by atoms with E-state index >= 15 is 0 Å². The third-order valence-electron chi connectivity index (χ3n) is 7.87. The van der Waals surface area contributed by atoms with Crippen molar-refractivity contribution in [3.05, 3.63) is 83.4 Å². The van der Waals surface area contributed by atoms with Crippen molar-refractivity contribution >= 4 is 39.1 Å². The number of methoxy groups -OCH3 is 2. The predicted molar refractivity (Wildman–Crippen MR) is 172 cm³/mol. The van der Waals surface area contributed by atoms with Gasteiger partial charge in [-0.15, -0.1) is 0 Å². The van der Waals surface area contributed by atoms with Crippen LogP contribution < -0.4 is 19.1 Å². The zero-order chi connectivity index (χ0) is 31.7. The smallest absolute Gasteiger partial charge is 0.264 e. The van der Waals surface area contributed by atoms with Crippen molar-refractivity contribution in [2.75, 3.05) is 25.1 Å². The molecule has 1 saturated carbocycles. The van der Waals surface area contributed by atoms with Gasteiger partial charge in [0.1, 0.15) is 12.6 Å². The lowest BCUT2D eigenvalue weighted by molar-refractivity contribution is -0.140. The first-order valence-electron chi connectivity index (χ1n) is 14.8. The summed E-state index contributed by atoms with van der Waals surface area (Å²) in [6.45, 7) is 1.43. The lowest BCUT2D eigenvalue weighted by atomic mass is 9.95. The molecular formula is C33H40ClN3O6S.